The molecular formula is C20H19F2N5O2. The summed E-state index contributed by atoms with van der Waals surface area (Å²) in [4.78, 5) is 25.0. The van der Waals surface area contributed by atoms with Crippen molar-refractivity contribution in [2.75, 3.05) is 36.4 Å². The summed E-state index contributed by atoms with van der Waals surface area (Å²) >= 11 is 0. The van der Waals surface area contributed by atoms with E-state index >= 15 is 0 Å². The largest absolute Gasteiger partial charge is 0.459 e. The van der Waals surface area contributed by atoms with Gasteiger partial charge in [-0.15, -0.1) is 0 Å². The van der Waals surface area contributed by atoms with Crippen LogP contribution in [0.5, 0.6) is 0 Å². The van der Waals surface area contributed by atoms with Gasteiger partial charge in [0.1, 0.15) is 5.82 Å². The molecule has 1 amide bonds. The molecule has 1 fully saturated rings. The lowest BCUT2D eigenvalue weighted by Gasteiger charge is -2.35. The van der Waals surface area contributed by atoms with Crippen molar-refractivity contribution in [1.82, 2.24) is 14.9 Å². The Bertz CT molecular complexity index is 1020. The lowest BCUT2D eigenvalue weighted by molar-refractivity contribution is 0.0714. The van der Waals surface area contributed by atoms with Crippen LogP contribution >= 0.6 is 0 Å². The molecule has 4 rings (SSSR count). The van der Waals surface area contributed by atoms with E-state index in [1.54, 1.807) is 17.0 Å². The first-order valence-corrected chi connectivity index (χ1v) is 9.15. The van der Waals surface area contributed by atoms with Gasteiger partial charge in [0.25, 0.3) is 5.91 Å². The quantitative estimate of drug-likeness (QED) is 0.725. The van der Waals surface area contributed by atoms with Crippen LogP contribution in [0.15, 0.2) is 47.1 Å². The average Bonchev–Trinajstić information content (AvgIpc) is 3.25. The molecule has 1 aliphatic heterocycles. The summed E-state index contributed by atoms with van der Waals surface area (Å²) in [5, 5.41) is 2.91. The van der Waals surface area contributed by atoms with Crippen molar-refractivity contribution in [2.24, 2.45) is 0 Å². The number of furan rings is 1. The third kappa shape index (κ3) is 4.18. The van der Waals surface area contributed by atoms with Gasteiger partial charge in [-0.05, 0) is 31.2 Å². The molecule has 9 heteroatoms. The minimum atomic E-state index is -0.944. The molecule has 0 atom stereocenters. The van der Waals surface area contributed by atoms with Crippen LogP contribution < -0.4 is 10.2 Å². The van der Waals surface area contributed by atoms with Crippen LogP contribution in [-0.4, -0.2) is 47.0 Å². The van der Waals surface area contributed by atoms with Crippen molar-refractivity contribution < 1.29 is 18.0 Å². The zero-order valence-electron chi connectivity index (χ0n) is 15.7. The highest BCUT2D eigenvalue weighted by Gasteiger charge is 2.24. The van der Waals surface area contributed by atoms with Crippen molar-refractivity contribution in [2.45, 2.75) is 6.92 Å². The van der Waals surface area contributed by atoms with E-state index in [1.165, 1.54) is 12.3 Å². The summed E-state index contributed by atoms with van der Waals surface area (Å²) in [6, 6.07) is 8.71. The highest BCUT2D eigenvalue weighted by Crippen LogP contribution is 2.21. The van der Waals surface area contributed by atoms with Crippen LogP contribution in [0.25, 0.3) is 0 Å². The molecule has 1 aromatic carbocycles. The van der Waals surface area contributed by atoms with Crippen molar-refractivity contribution >= 4 is 23.4 Å². The number of carbonyl (C=O) groups excluding carboxylic acids is 1. The standard InChI is InChI=1S/C20H19F2N5O2/c1-13-11-18(25-20(23-13)24-14-4-5-15(21)16(22)12-14)26-6-8-27(9-7-26)19(28)17-3-2-10-29-17/h2-5,10-12H,6-9H2,1H3,(H,23,24,25). The molecular weight excluding hydrogens is 380 g/mol. The Morgan fingerprint density at radius 3 is 2.55 bits per heavy atom. The molecule has 3 aromatic rings. The van der Waals surface area contributed by atoms with Crippen LogP contribution in [0.3, 0.4) is 0 Å². The Kier molecular flexibility index (Phi) is 5.11. The Morgan fingerprint density at radius 2 is 1.86 bits per heavy atom. The summed E-state index contributed by atoms with van der Waals surface area (Å²) in [6.45, 7) is 4.11. The molecule has 0 aliphatic carbocycles. The van der Waals surface area contributed by atoms with Gasteiger partial charge >= 0.3 is 0 Å². The molecule has 0 bridgehead atoms. The first-order chi connectivity index (χ1) is 14.0. The second kappa shape index (κ2) is 7.86. The summed E-state index contributed by atoms with van der Waals surface area (Å²) in [5.74, 6) is -0.667. The van der Waals surface area contributed by atoms with Gasteiger partial charge in [0.05, 0.1) is 6.26 Å². The number of aryl methyl sites for hydroxylation is 1. The van der Waals surface area contributed by atoms with E-state index in [2.05, 4.69) is 20.2 Å². The first kappa shape index (κ1) is 18.9. The summed E-state index contributed by atoms with van der Waals surface area (Å²) in [6.07, 6.45) is 1.48. The normalized spacial score (nSPS) is 14.2. The minimum absolute atomic E-state index is 0.130. The van der Waals surface area contributed by atoms with Crippen LogP contribution in [0.1, 0.15) is 16.2 Å². The van der Waals surface area contributed by atoms with Gasteiger partial charge in [-0.3, -0.25) is 4.79 Å². The number of aromatic nitrogens is 2. The zero-order chi connectivity index (χ0) is 20.4. The van der Waals surface area contributed by atoms with Crippen molar-refractivity contribution in [1.29, 1.82) is 0 Å². The molecule has 2 aromatic heterocycles. The van der Waals surface area contributed by atoms with E-state index in [0.717, 1.165) is 17.8 Å². The zero-order valence-corrected chi connectivity index (χ0v) is 15.7. The van der Waals surface area contributed by atoms with Gasteiger partial charge in [-0.25, -0.2) is 13.8 Å². The van der Waals surface area contributed by atoms with Gasteiger partial charge in [-0.2, -0.15) is 4.98 Å². The SMILES string of the molecule is Cc1cc(N2CCN(C(=O)c3ccco3)CC2)nc(Nc2ccc(F)c(F)c2)n1. The van der Waals surface area contributed by atoms with Crippen LogP contribution in [0.4, 0.5) is 26.2 Å². The molecule has 1 saturated heterocycles. The maximum Gasteiger partial charge on any atom is 0.289 e. The molecule has 3 heterocycles. The molecule has 1 aliphatic rings. The van der Waals surface area contributed by atoms with Crippen LogP contribution in [0.2, 0.25) is 0 Å². The van der Waals surface area contributed by atoms with Gasteiger partial charge in [0.15, 0.2) is 17.4 Å². The van der Waals surface area contributed by atoms with Gasteiger partial charge in [0, 0.05) is 49.7 Å². The highest BCUT2D eigenvalue weighted by molar-refractivity contribution is 5.91. The average molecular weight is 399 g/mol. The van der Waals surface area contributed by atoms with E-state index < -0.39 is 11.6 Å². The number of nitrogens with one attached hydrogen (secondary N) is 1. The van der Waals surface area contributed by atoms with Gasteiger partial charge < -0.3 is 19.5 Å². The third-order valence-electron chi connectivity index (χ3n) is 4.64. The number of carbonyl (C=O) groups is 1. The molecule has 29 heavy (non-hydrogen) atoms. The van der Waals surface area contributed by atoms with Crippen LogP contribution in [-0.2, 0) is 0 Å². The predicted octanol–water partition coefficient (Wildman–Crippen LogP) is 3.36. The summed E-state index contributed by atoms with van der Waals surface area (Å²) in [5.41, 5.74) is 1.09. The fraction of sp³-hybridized carbons (Fsp3) is 0.250. The van der Waals surface area contributed by atoms with E-state index in [4.69, 9.17) is 4.42 Å². The third-order valence-corrected chi connectivity index (χ3v) is 4.64. The van der Waals surface area contributed by atoms with E-state index in [1.807, 2.05) is 13.0 Å². The van der Waals surface area contributed by atoms with E-state index in [0.29, 0.717) is 49.4 Å². The fourth-order valence-corrected chi connectivity index (χ4v) is 3.17. The number of anilines is 3. The topological polar surface area (TPSA) is 74.5 Å². The molecule has 150 valence electrons. The molecule has 0 unspecified atom stereocenters. The number of benzene rings is 1. The molecule has 0 saturated carbocycles. The van der Waals surface area contributed by atoms with Crippen molar-refractivity contribution in [3.63, 3.8) is 0 Å². The second-order valence-corrected chi connectivity index (χ2v) is 6.70. The van der Waals surface area contributed by atoms with Crippen molar-refractivity contribution in [3.8, 4) is 0 Å². The molecule has 0 radical (unpaired) electrons. The number of hydrogen-bond acceptors (Lipinski definition) is 6. The Balaban J connectivity index is 1.45. The maximum atomic E-state index is 13.4. The van der Waals surface area contributed by atoms with E-state index in [9.17, 15) is 13.6 Å². The number of amides is 1. The molecule has 7 nitrogen and oxygen atoms in total. The molecule has 0 spiro atoms. The number of rotatable bonds is 4. The monoisotopic (exact) mass is 399 g/mol. The Labute approximate surface area is 166 Å². The van der Waals surface area contributed by atoms with Crippen LogP contribution in [0, 0.1) is 18.6 Å². The smallest absolute Gasteiger partial charge is 0.289 e. The lowest BCUT2D eigenvalue weighted by Crippen LogP contribution is -2.49. The number of halogens is 2. The predicted molar refractivity (Wildman–Crippen MR) is 103 cm³/mol. The number of piperazine rings is 1. The van der Waals surface area contributed by atoms with Crippen molar-refractivity contribution in [3.05, 3.63) is 65.7 Å². The Hall–Kier alpha value is -3.49. The van der Waals surface area contributed by atoms with E-state index in [-0.39, 0.29) is 5.91 Å². The van der Waals surface area contributed by atoms with Gasteiger partial charge in [-0.1, -0.05) is 0 Å². The fourth-order valence-electron chi connectivity index (χ4n) is 3.17. The maximum absolute atomic E-state index is 13.4. The first-order valence-electron chi connectivity index (χ1n) is 9.15. The number of hydrogen-bond donors (Lipinski definition) is 1. The lowest BCUT2D eigenvalue weighted by atomic mass is 10.2. The molecule has 1 N–H and O–H groups in total. The Morgan fingerprint density at radius 1 is 1.07 bits per heavy atom. The minimum Gasteiger partial charge on any atom is -0.459 e. The summed E-state index contributed by atoms with van der Waals surface area (Å²) in [7, 11) is 0. The number of nitrogens with zero attached hydrogens (tertiary/aromatic N) is 4. The van der Waals surface area contributed by atoms with Gasteiger partial charge in [0.2, 0.25) is 5.95 Å². The second-order valence-electron chi connectivity index (χ2n) is 6.70. The summed E-state index contributed by atoms with van der Waals surface area (Å²) < 4.78 is 31.7. The highest BCUT2D eigenvalue weighted by atomic mass is 19.2.